The second kappa shape index (κ2) is 12.1. The molecule has 3 aromatic carbocycles. The van der Waals surface area contributed by atoms with Crippen LogP contribution in [-0.2, 0) is 16.1 Å². The van der Waals surface area contributed by atoms with Crippen LogP contribution in [0.4, 0.5) is 4.39 Å². The topological polar surface area (TPSA) is 59.1 Å². The predicted octanol–water partition coefficient (Wildman–Crippen LogP) is 4.98. The van der Waals surface area contributed by atoms with Gasteiger partial charge >= 0.3 is 5.97 Å². The third kappa shape index (κ3) is 6.69. The second-order valence-electron chi connectivity index (χ2n) is 8.64. The quantitative estimate of drug-likeness (QED) is 0.400. The molecule has 1 amide bonds. The van der Waals surface area contributed by atoms with Gasteiger partial charge in [0.15, 0.2) is 0 Å². The van der Waals surface area contributed by atoms with Gasteiger partial charge < -0.3 is 14.4 Å². The van der Waals surface area contributed by atoms with E-state index in [-0.39, 0.29) is 23.8 Å². The molecule has 0 bridgehead atoms. The minimum Gasteiger partial charge on any atom is -0.465 e. The molecule has 0 aromatic heterocycles. The number of hydrogen-bond donors (Lipinski definition) is 0. The third-order valence-corrected chi connectivity index (χ3v) is 6.49. The van der Waals surface area contributed by atoms with Crippen molar-refractivity contribution in [1.82, 2.24) is 9.80 Å². The molecule has 1 atom stereocenters. The van der Waals surface area contributed by atoms with Crippen LogP contribution in [0.1, 0.15) is 37.9 Å². The standard InChI is InChI=1S/C28H28ClFN2O4/c1-35-28(34)23-4-2-20(3-5-23)19-36-26(21-6-10-24(29)11-7-21)18-31-14-16-32(17-15-31)27(33)22-8-12-25(30)13-9-22/h2-13,26H,14-19H2,1H3. The van der Waals surface area contributed by atoms with Gasteiger partial charge in [0.25, 0.3) is 5.91 Å². The SMILES string of the molecule is COC(=O)c1ccc(COC(CN2CCN(C(=O)c3ccc(F)cc3)CC2)c2ccc(Cl)cc2)cc1. The van der Waals surface area contributed by atoms with Crippen LogP contribution in [-0.4, -0.2) is 61.5 Å². The molecule has 1 fully saturated rings. The Kier molecular flexibility index (Phi) is 8.70. The van der Waals surface area contributed by atoms with E-state index in [1.807, 2.05) is 36.4 Å². The van der Waals surface area contributed by atoms with Crippen LogP contribution in [0.25, 0.3) is 0 Å². The normalized spacial score (nSPS) is 14.9. The highest BCUT2D eigenvalue weighted by atomic mass is 35.5. The lowest BCUT2D eigenvalue weighted by Crippen LogP contribution is -2.49. The number of methoxy groups -OCH3 is 1. The van der Waals surface area contributed by atoms with Crippen LogP contribution in [0.5, 0.6) is 0 Å². The van der Waals surface area contributed by atoms with Crippen molar-refractivity contribution in [2.45, 2.75) is 12.7 Å². The average molecular weight is 511 g/mol. The van der Waals surface area contributed by atoms with Crippen LogP contribution in [0.3, 0.4) is 0 Å². The van der Waals surface area contributed by atoms with Gasteiger partial charge in [0.05, 0.1) is 25.4 Å². The summed E-state index contributed by atoms with van der Waals surface area (Å²) >= 11 is 6.09. The van der Waals surface area contributed by atoms with E-state index in [2.05, 4.69) is 4.90 Å². The lowest BCUT2D eigenvalue weighted by Gasteiger charge is -2.36. The molecule has 188 valence electrons. The van der Waals surface area contributed by atoms with Crippen LogP contribution >= 0.6 is 11.6 Å². The highest BCUT2D eigenvalue weighted by molar-refractivity contribution is 6.30. The zero-order valence-electron chi connectivity index (χ0n) is 20.0. The van der Waals surface area contributed by atoms with Gasteiger partial charge in [-0.3, -0.25) is 9.69 Å². The van der Waals surface area contributed by atoms with Crippen molar-refractivity contribution in [3.63, 3.8) is 0 Å². The van der Waals surface area contributed by atoms with Crippen LogP contribution < -0.4 is 0 Å². The van der Waals surface area contributed by atoms with Crippen LogP contribution in [0.2, 0.25) is 5.02 Å². The first-order valence-electron chi connectivity index (χ1n) is 11.7. The van der Waals surface area contributed by atoms with Gasteiger partial charge in [0.2, 0.25) is 0 Å². The van der Waals surface area contributed by atoms with Crippen molar-refractivity contribution in [3.8, 4) is 0 Å². The minimum atomic E-state index is -0.376. The predicted molar refractivity (Wildman–Crippen MR) is 136 cm³/mol. The number of benzene rings is 3. The number of amides is 1. The Morgan fingerprint density at radius 3 is 2.11 bits per heavy atom. The lowest BCUT2D eigenvalue weighted by atomic mass is 10.1. The number of hydrogen-bond acceptors (Lipinski definition) is 5. The summed E-state index contributed by atoms with van der Waals surface area (Å²) in [6.07, 6.45) is -0.207. The monoisotopic (exact) mass is 510 g/mol. The summed E-state index contributed by atoms with van der Waals surface area (Å²) in [4.78, 5) is 28.5. The molecule has 6 nitrogen and oxygen atoms in total. The molecule has 3 aromatic rings. The summed E-state index contributed by atoms with van der Waals surface area (Å²) in [6.45, 7) is 3.59. The van der Waals surface area contributed by atoms with Crippen molar-refractivity contribution >= 4 is 23.5 Å². The smallest absolute Gasteiger partial charge is 0.337 e. The van der Waals surface area contributed by atoms with E-state index in [1.165, 1.54) is 31.4 Å². The summed E-state index contributed by atoms with van der Waals surface area (Å²) in [5.41, 5.74) is 2.93. The van der Waals surface area contributed by atoms with Crippen molar-refractivity contribution in [3.05, 3.63) is 106 Å². The number of esters is 1. The molecular weight excluding hydrogens is 483 g/mol. The molecule has 1 heterocycles. The first-order valence-corrected chi connectivity index (χ1v) is 12.1. The molecule has 1 aliphatic rings. The van der Waals surface area contributed by atoms with Gasteiger partial charge in [0.1, 0.15) is 5.82 Å². The summed E-state index contributed by atoms with van der Waals surface area (Å²) in [7, 11) is 1.36. The Morgan fingerprint density at radius 2 is 1.50 bits per heavy atom. The highest BCUT2D eigenvalue weighted by Crippen LogP contribution is 2.24. The molecule has 0 saturated carbocycles. The maximum Gasteiger partial charge on any atom is 0.337 e. The summed E-state index contributed by atoms with van der Waals surface area (Å²) < 4.78 is 24.3. The largest absolute Gasteiger partial charge is 0.465 e. The molecule has 4 rings (SSSR count). The summed E-state index contributed by atoms with van der Waals surface area (Å²) in [6, 6.07) is 20.4. The van der Waals surface area contributed by atoms with Crippen LogP contribution in [0, 0.1) is 5.82 Å². The Hall–Kier alpha value is -3.26. The zero-order chi connectivity index (χ0) is 25.5. The van der Waals surface area contributed by atoms with E-state index in [0.717, 1.165) is 11.1 Å². The fraction of sp³-hybridized carbons (Fsp3) is 0.286. The Labute approximate surface area is 215 Å². The van der Waals surface area contributed by atoms with E-state index in [0.29, 0.717) is 55.5 Å². The number of halogens is 2. The van der Waals surface area contributed by atoms with E-state index < -0.39 is 0 Å². The Morgan fingerprint density at radius 1 is 0.889 bits per heavy atom. The molecule has 0 radical (unpaired) electrons. The van der Waals surface area contributed by atoms with Gasteiger partial charge in [-0.05, 0) is 59.7 Å². The van der Waals surface area contributed by atoms with Crippen molar-refractivity contribution < 1.29 is 23.5 Å². The number of rotatable bonds is 8. The third-order valence-electron chi connectivity index (χ3n) is 6.24. The van der Waals surface area contributed by atoms with Gasteiger partial charge in [-0.25, -0.2) is 9.18 Å². The molecule has 0 aliphatic carbocycles. The number of carbonyl (C=O) groups is 2. The van der Waals surface area contributed by atoms with Crippen LogP contribution in [0.15, 0.2) is 72.8 Å². The van der Waals surface area contributed by atoms with E-state index in [9.17, 15) is 14.0 Å². The molecule has 1 unspecified atom stereocenters. The molecule has 1 saturated heterocycles. The Bertz CT molecular complexity index is 1160. The van der Waals surface area contributed by atoms with Gasteiger partial charge in [-0.1, -0.05) is 35.9 Å². The number of ether oxygens (including phenoxy) is 2. The fourth-order valence-electron chi connectivity index (χ4n) is 4.13. The molecule has 8 heteroatoms. The summed E-state index contributed by atoms with van der Waals surface area (Å²) in [5, 5.41) is 0.656. The Balaban J connectivity index is 1.37. The molecule has 36 heavy (non-hydrogen) atoms. The van der Waals surface area contributed by atoms with Crippen molar-refractivity contribution in [2.75, 3.05) is 39.8 Å². The van der Waals surface area contributed by atoms with Crippen molar-refractivity contribution in [2.24, 2.45) is 0 Å². The second-order valence-corrected chi connectivity index (χ2v) is 9.08. The number of piperazine rings is 1. The summed E-state index contributed by atoms with van der Waals surface area (Å²) in [5.74, 6) is -0.821. The van der Waals surface area contributed by atoms with Gasteiger partial charge in [-0.2, -0.15) is 0 Å². The minimum absolute atomic E-state index is 0.0875. The van der Waals surface area contributed by atoms with Gasteiger partial charge in [0, 0.05) is 43.3 Å². The first kappa shape index (κ1) is 25.8. The maximum atomic E-state index is 13.2. The highest BCUT2D eigenvalue weighted by Gasteiger charge is 2.25. The molecule has 0 spiro atoms. The molecular formula is C28H28ClFN2O4. The molecule has 1 aliphatic heterocycles. The first-order chi connectivity index (χ1) is 17.4. The number of nitrogens with zero attached hydrogens (tertiary/aromatic N) is 2. The van der Waals surface area contributed by atoms with Crippen molar-refractivity contribution in [1.29, 1.82) is 0 Å². The van der Waals surface area contributed by atoms with E-state index in [4.69, 9.17) is 21.1 Å². The van der Waals surface area contributed by atoms with E-state index >= 15 is 0 Å². The van der Waals surface area contributed by atoms with E-state index in [1.54, 1.807) is 17.0 Å². The maximum absolute atomic E-state index is 13.2. The van der Waals surface area contributed by atoms with Gasteiger partial charge in [-0.15, -0.1) is 0 Å². The lowest BCUT2D eigenvalue weighted by molar-refractivity contribution is 0.00341. The fourth-order valence-corrected chi connectivity index (χ4v) is 4.25. The number of carbonyl (C=O) groups excluding carboxylic acids is 2. The average Bonchev–Trinajstić information content (AvgIpc) is 2.92. The zero-order valence-corrected chi connectivity index (χ0v) is 20.8. The molecule has 0 N–H and O–H groups in total.